The largest absolute Gasteiger partial charge is 0.493 e. The van der Waals surface area contributed by atoms with Crippen LogP contribution in [0.5, 0.6) is 5.75 Å². The van der Waals surface area contributed by atoms with Crippen molar-refractivity contribution in [1.82, 2.24) is 0 Å². The lowest BCUT2D eigenvalue weighted by atomic mass is 9.88. The Morgan fingerprint density at radius 2 is 1.86 bits per heavy atom. The van der Waals surface area contributed by atoms with Crippen LogP contribution in [0.2, 0.25) is 0 Å². The van der Waals surface area contributed by atoms with E-state index >= 15 is 0 Å². The Kier molecular flexibility index (Phi) is 9.07. The fraction of sp³-hybridized carbons (Fsp3) is 0.556. The standard InChI is InChI=1S/C27H41NO/c1-7-8-9-15-29-27-25(20(4)5)16-23(19(2)3)17-26(27)24-12-10-11-22(24)14-13-21(6)18-28/h13-14,16-20H,7-12,15,28H2,1-6H3/b14-13+,21-18+. The Labute approximate surface area is 178 Å². The Bertz CT molecular complexity index is 765. The third-order valence-corrected chi connectivity index (χ3v) is 5.82. The second-order valence-corrected chi connectivity index (χ2v) is 8.95. The van der Waals surface area contributed by atoms with Gasteiger partial charge in [0.15, 0.2) is 0 Å². The van der Waals surface area contributed by atoms with Crippen molar-refractivity contribution in [2.24, 2.45) is 5.73 Å². The van der Waals surface area contributed by atoms with Gasteiger partial charge in [0.2, 0.25) is 0 Å². The molecule has 2 nitrogen and oxygen atoms in total. The molecule has 1 aliphatic rings. The van der Waals surface area contributed by atoms with Gasteiger partial charge in [0.25, 0.3) is 0 Å². The Morgan fingerprint density at radius 1 is 1.10 bits per heavy atom. The van der Waals surface area contributed by atoms with Crippen molar-refractivity contribution in [1.29, 1.82) is 0 Å². The summed E-state index contributed by atoms with van der Waals surface area (Å²) in [6, 6.07) is 4.77. The van der Waals surface area contributed by atoms with Gasteiger partial charge in [-0.25, -0.2) is 0 Å². The van der Waals surface area contributed by atoms with Crippen LogP contribution in [0.4, 0.5) is 0 Å². The molecule has 0 atom stereocenters. The van der Waals surface area contributed by atoms with Crippen LogP contribution in [0.25, 0.3) is 5.57 Å². The van der Waals surface area contributed by atoms with Gasteiger partial charge in [0.05, 0.1) is 6.61 Å². The minimum atomic E-state index is 0.442. The van der Waals surface area contributed by atoms with E-state index in [0.717, 1.165) is 37.2 Å². The molecule has 2 N–H and O–H groups in total. The van der Waals surface area contributed by atoms with Crippen LogP contribution in [0, 0.1) is 0 Å². The van der Waals surface area contributed by atoms with Crippen molar-refractivity contribution >= 4 is 5.57 Å². The molecule has 0 fully saturated rings. The molecular formula is C27H41NO. The van der Waals surface area contributed by atoms with E-state index < -0.39 is 0 Å². The fourth-order valence-corrected chi connectivity index (χ4v) is 3.89. The Morgan fingerprint density at radius 3 is 2.48 bits per heavy atom. The summed E-state index contributed by atoms with van der Waals surface area (Å²) in [5, 5.41) is 0. The van der Waals surface area contributed by atoms with E-state index in [9.17, 15) is 0 Å². The van der Waals surface area contributed by atoms with Crippen molar-refractivity contribution in [3.63, 3.8) is 0 Å². The maximum absolute atomic E-state index is 6.48. The normalized spacial score (nSPS) is 15.4. The molecule has 1 aromatic carbocycles. The van der Waals surface area contributed by atoms with Crippen LogP contribution in [0.15, 0.2) is 41.6 Å². The van der Waals surface area contributed by atoms with Gasteiger partial charge in [0, 0.05) is 5.56 Å². The maximum Gasteiger partial charge on any atom is 0.130 e. The second kappa shape index (κ2) is 11.3. The number of allylic oxidation sites excluding steroid dienone is 5. The molecule has 0 heterocycles. The highest BCUT2D eigenvalue weighted by Gasteiger charge is 2.23. The van der Waals surface area contributed by atoms with E-state index in [2.05, 4.69) is 58.9 Å². The van der Waals surface area contributed by atoms with Gasteiger partial charge < -0.3 is 10.5 Å². The van der Waals surface area contributed by atoms with Crippen molar-refractivity contribution in [3.05, 3.63) is 58.3 Å². The summed E-state index contributed by atoms with van der Waals surface area (Å²) in [6.45, 7) is 14.2. The molecule has 0 bridgehead atoms. The molecule has 0 unspecified atom stereocenters. The van der Waals surface area contributed by atoms with Gasteiger partial charge >= 0.3 is 0 Å². The van der Waals surface area contributed by atoms with E-state index in [0.29, 0.717) is 11.8 Å². The van der Waals surface area contributed by atoms with Crippen LogP contribution in [-0.2, 0) is 0 Å². The number of benzene rings is 1. The fourth-order valence-electron chi connectivity index (χ4n) is 3.89. The topological polar surface area (TPSA) is 35.2 Å². The summed E-state index contributed by atoms with van der Waals surface area (Å²) in [6.07, 6.45) is 13.1. The summed E-state index contributed by atoms with van der Waals surface area (Å²) < 4.78 is 6.48. The van der Waals surface area contributed by atoms with Crippen molar-refractivity contribution in [2.45, 2.75) is 91.9 Å². The minimum absolute atomic E-state index is 0.442. The Hall–Kier alpha value is -1.96. The summed E-state index contributed by atoms with van der Waals surface area (Å²) in [4.78, 5) is 0. The molecule has 0 saturated carbocycles. The van der Waals surface area contributed by atoms with Gasteiger partial charge in [-0.2, -0.15) is 0 Å². The van der Waals surface area contributed by atoms with Crippen molar-refractivity contribution < 1.29 is 4.74 Å². The number of ether oxygens (including phenoxy) is 1. The number of rotatable bonds is 10. The molecule has 2 rings (SSSR count). The third-order valence-electron chi connectivity index (χ3n) is 5.82. The van der Waals surface area contributed by atoms with Gasteiger partial charge in [-0.3, -0.25) is 0 Å². The lowest BCUT2D eigenvalue weighted by Gasteiger charge is -2.22. The van der Waals surface area contributed by atoms with Gasteiger partial charge in [0.1, 0.15) is 5.75 Å². The second-order valence-electron chi connectivity index (χ2n) is 8.95. The summed E-state index contributed by atoms with van der Waals surface area (Å²) in [5.74, 6) is 2.07. The van der Waals surface area contributed by atoms with Crippen LogP contribution >= 0.6 is 0 Å². The molecule has 1 aromatic rings. The highest BCUT2D eigenvalue weighted by atomic mass is 16.5. The van der Waals surface area contributed by atoms with Crippen LogP contribution < -0.4 is 10.5 Å². The maximum atomic E-state index is 6.48. The number of hydrogen-bond acceptors (Lipinski definition) is 2. The zero-order chi connectivity index (χ0) is 21.4. The first-order valence-electron chi connectivity index (χ1n) is 11.5. The SMILES string of the molecule is CCCCCOc1c(C2=C(/C=C/C(C)=C/N)CCC2)cc(C(C)C)cc1C(C)C. The molecule has 0 saturated heterocycles. The average Bonchev–Trinajstić information content (AvgIpc) is 3.17. The molecule has 0 aliphatic heterocycles. The van der Waals surface area contributed by atoms with E-state index in [-0.39, 0.29) is 0 Å². The van der Waals surface area contributed by atoms with Gasteiger partial charge in [-0.05, 0) is 84.6 Å². The molecule has 1 aliphatic carbocycles. The number of unbranched alkanes of at least 4 members (excludes halogenated alkanes) is 2. The van der Waals surface area contributed by atoms with Crippen molar-refractivity contribution in [3.8, 4) is 5.75 Å². The zero-order valence-electron chi connectivity index (χ0n) is 19.5. The first-order chi connectivity index (χ1) is 13.9. The van der Waals surface area contributed by atoms with E-state index in [1.165, 1.54) is 47.1 Å². The Balaban J connectivity index is 2.57. The highest BCUT2D eigenvalue weighted by Crippen LogP contribution is 2.43. The van der Waals surface area contributed by atoms with Crippen LogP contribution in [0.3, 0.4) is 0 Å². The first-order valence-corrected chi connectivity index (χ1v) is 11.5. The lowest BCUT2D eigenvalue weighted by Crippen LogP contribution is -2.06. The van der Waals surface area contributed by atoms with Gasteiger partial charge in [-0.15, -0.1) is 0 Å². The number of nitrogens with two attached hydrogens (primary N) is 1. The van der Waals surface area contributed by atoms with Gasteiger partial charge in [-0.1, -0.05) is 65.7 Å². The molecular weight excluding hydrogens is 354 g/mol. The van der Waals surface area contributed by atoms with E-state index in [4.69, 9.17) is 10.5 Å². The van der Waals surface area contributed by atoms with E-state index in [1.54, 1.807) is 6.20 Å². The average molecular weight is 396 g/mol. The molecule has 29 heavy (non-hydrogen) atoms. The van der Waals surface area contributed by atoms with Crippen molar-refractivity contribution in [2.75, 3.05) is 6.61 Å². The van der Waals surface area contributed by atoms with E-state index in [1.807, 2.05) is 6.92 Å². The molecule has 0 amide bonds. The summed E-state index contributed by atoms with van der Waals surface area (Å²) in [7, 11) is 0. The van der Waals surface area contributed by atoms with Crippen LogP contribution in [-0.4, -0.2) is 6.61 Å². The predicted octanol–water partition coefficient (Wildman–Crippen LogP) is 7.86. The monoisotopic (exact) mass is 395 g/mol. The lowest BCUT2D eigenvalue weighted by molar-refractivity contribution is 0.301. The highest BCUT2D eigenvalue weighted by molar-refractivity contribution is 5.78. The third kappa shape index (κ3) is 6.26. The molecule has 0 radical (unpaired) electrons. The first kappa shape index (κ1) is 23.3. The summed E-state index contributed by atoms with van der Waals surface area (Å²) >= 11 is 0. The smallest absolute Gasteiger partial charge is 0.130 e. The van der Waals surface area contributed by atoms with Crippen LogP contribution in [0.1, 0.15) is 109 Å². The quantitative estimate of drug-likeness (QED) is 0.323. The zero-order valence-corrected chi connectivity index (χ0v) is 19.5. The molecule has 160 valence electrons. The molecule has 0 spiro atoms. The molecule has 0 aromatic heterocycles. The molecule has 2 heteroatoms. The summed E-state index contributed by atoms with van der Waals surface area (Å²) in [5.41, 5.74) is 13.7. The predicted molar refractivity (Wildman–Crippen MR) is 127 cm³/mol. The number of hydrogen-bond donors (Lipinski definition) is 1. The minimum Gasteiger partial charge on any atom is -0.493 e.